The summed E-state index contributed by atoms with van der Waals surface area (Å²) in [6.45, 7) is 5.87. The quantitative estimate of drug-likeness (QED) is 0.382. The van der Waals surface area contributed by atoms with Crippen molar-refractivity contribution in [1.82, 2.24) is 15.5 Å². The Hall–Kier alpha value is -1.87. The van der Waals surface area contributed by atoms with Crippen LogP contribution in [0.3, 0.4) is 0 Å². The van der Waals surface area contributed by atoms with Gasteiger partial charge in [-0.3, -0.25) is 4.79 Å². The van der Waals surface area contributed by atoms with Gasteiger partial charge in [0.1, 0.15) is 0 Å². The molecule has 0 aromatic heterocycles. The van der Waals surface area contributed by atoms with Gasteiger partial charge in [0.2, 0.25) is 5.91 Å². The van der Waals surface area contributed by atoms with Gasteiger partial charge in [0.15, 0.2) is 0 Å². The molecule has 208 valence electrons. The molecule has 2 amide bonds. The van der Waals surface area contributed by atoms with Crippen LogP contribution < -0.4 is 10.6 Å². The van der Waals surface area contributed by atoms with Crippen molar-refractivity contribution in [2.45, 2.75) is 64.0 Å². The van der Waals surface area contributed by atoms with Gasteiger partial charge in [-0.05, 0) is 81.7 Å². The highest BCUT2D eigenvalue weighted by atomic mass is 35.5. The fourth-order valence-electron chi connectivity index (χ4n) is 5.52. The van der Waals surface area contributed by atoms with E-state index < -0.39 is 6.09 Å². The number of nitrogens with one attached hydrogen (secondary N) is 2. The highest BCUT2D eigenvalue weighted by Crippen LogP contribution is 2.36. The third kappa shape index (κ3) is 9.43. The molecule has 2 saturated heterocycles. The molecule has 2 aliphatic heterocycles. The number of carbonyl (C=O) groups excluding carboxylic acids is 2. The summed E-state index contributed by atoms with van der Waals surface area (Å²) in [7, 11) is 3.32. The highest BCUT2D eigenvalue weighted by Gasteiger charge is 2.32. The van der Waals surface area contributed by atoms with Gasteiger partial charge in [0.25, 0.3) is 0 Å². The lowest BCUT2D eigenvalue weighted by Gasteiger charge is -2.38. The molecule has 8 nitrogen and oxygen atoms in total. The van der Waals surface area contributed by atoms with Crippen molar-refractivity contribution in [1.29, 1.82) is 0 Å². The number of rotatable bonds is 12. The van der Waals surface area contributed by atoms with E-state index in [2.05, 4.69) is 22.3 Å². The number of benzene rings is 1. The minimum atomic E-state index is -0.482. The second-order valence-electron chi connectivity index (χ2n) is 10.3. The van der Waals surface area contributed by atoms with Crippen molar-refractivity contribution in [3.63, 3.8) is 0 Å². The molecule has 2 fully saturated rings. The zero-order valence-corrected chi connectivity index (χ0v) is 23.4. The molecular formula is C28H44ClN3O5. The summed E-state index contributed by atoms with van der Waals surface area (Å²) in [6.07, 6.45) is 5.96. The Balaban J connectivity index is 1.60. The van der Waals surface area contributed by atoms with Crippen molar-refractivity contribution < 1.29 is 23.8 Å². The van der Waals surface area contributed by atoms with Crippen LogP contribution in [0.15, 0.2) is 18.2 Å². The van der Waals surface area contributed by atoms with Gasteiger partial charge in [-0.2, -0.15) is 0 Å². The number of nitrogens with zero attached hydrogens (tertiary/aromatic N) is 1. The summed E-state index contributed by atoms with van der Waals surface area (Å²) >= 11 is 6.35. The highest BCUT2D eigenvalue weighted by molar-refractivity contribution is 6.30. The van der Waals surface area contributed by atoms with Gasteiger partial charge in [0, 0.05) is 56.3 Å². The molecule has 37 heavy (non-hydrogen) atoms. The number of hydrogen-bond donors (Lipinski definition) is 2. The molecule has 2 aliphatic rings. The van der Waals surface area contributed by atoms with Crippen molar-refractivity contribution in [2.75, 3.05) is 53.6 Å². The third-order valence-corrected chi connectivity index (χ3v) is 7.86. The standard InChI is InChI=1S/C28H44ClN3O5/c1-20-8-9-23(29)17-25(20)27(37-15-12-31-28(34)35-3)22-7-4-13-32(18-22)26(33)11-10-24(30-2)16-21-6-5-14-36-19-21/h8-9,17,21-22,24,27,30H,4-7,10-16,18-19H2,1-3H3,(H,31,34)/t21-,22-,24-,27+/m1/s1. The van der Waals surface area contributed by atoms with Crippen LogP contribution in [-0.4, -0.2) is 76.6 Å². The first-order chi connectivity index (χ1) is 17.9. The Morgan fingerprint density at radius 2 is 2.11 bits per heavy atom. The first-order valence-electron chi connectivity index (χ1n) is 13.6. The van der Waals surface area contributed by atoms with E-state index in [9.17, 15) is 9.59 Å². The van der Waals surface area contributed by atoms with Crippen LogP contribution >= 0.6 is 11.6 Å². The smallest absolute Gasteiger partial charge is 0.406 e. The fraction of sp³-hybridized carbons (Fsp3) is 0.714. The molecule has 4 atom stereocenters. The summed E-state index contributed by atoms with van der Waals surface area (Å²) in [5.74, 6) is 0.930. The number of methoxy groups -OCH3 is 1. The number of hydrogen-bond acceptors (Lipinski definition) is 6. The van der Waals surface area contributed by atoms with Gasteiger partial charge < -0.3 is 29.7 Å². The lowest BCUT2D eigenvalue weighted by molar-refractivity contribution is -0.134. The van der Waals surface area contributed by atoms with Crippen LogP contribution in [0, 0.1) is 18.8 Å². The number of alkyl carbamates (subject to hydrolysis) is 1. The van der Waals surface area contributed by atoms with Gasteiger partial charge in [-0.15, -0.1) is 0 Å². The fourth-order valence-corrected chi connectivity index (χ4v) is 5.70. The summed E-state index contributed by atoms with van der Waals surface area (Å²) in [5, 5.41) is 6.74. The average molecular weight is 538 g/mol. The lowest BCUT2D eigenvalue weighted by atomic mass is 9.86. The van der Waals surface area contributed by atoms with E-state index in [1.807, 2.05) is 30.1 Å². The molecule has 0 spiro atoms. The van der Waals surface area contributed by atoms with Gasteiger partial charge in [0.05, 0.1) is 19.8 Å². The molecule has 0 saturated carbocycles. The van der Waals surface area contributed by atoms with Gasteiger partial charge >= 0.3 is 6.09 Å². The van der Waals surface area contributed by atoms with E-state index in [1.165, 1.54) is 13.5 Å². The van der Waals surface area contributed by atoms with E-state index in [4.69, 9.17) is 21.1 Å². The molecule has 9 heteroatoms. The SMILES string of the molecule is CN[C@H](CCC(=O)N1CCC[C@@H]([C@H](OCCNC(=O)OC)c2cc(Cl)ccc2C)C1)C[C@H]1CCCOC1. The number of piperidine rings is 1. The summed E-state index contributed by atoms with van der Waals surface area (Å²) < 4.78 is 16.6. The van der Waals surface area contributed by atoms with Crippen LogP contribution in [0.1, 0.15) is 62.2 Å². The second kappa shape index (κ2) is 15.5. The minimum absolute atomic E-state index is 0.146. The number of halogens is 1. The molecule has 1 aromatic carbocycles. The molecule has 0 unspecified atom stereocenters. The second-order valence-corrected chi connectivity index (χ2v) is 10.7. The van der Waals surface area contributed by atoms with Crippen LogP contribution in [0.25, 0.3) is 0 Å². The number of aryl methyl sites for hydroxylation is 1. The molecule has 0 aliphatic carbocycles. The third-order valence-electron chi connectivity index (χ3n) is 7.63. The Labute approximate surface area is 226 Å². The number of carbonyl (C=O) groups is 2. The predicted molar refractivity (Wildman–Crippen MR) is 145 cm³/mol. The largest absolute Gasteiger partial charge is 0.453 e. The van der Waals surface area contributed by atoms with Crippen LogP contribution in [0.5, 0.6) is 0 Å². The Morgan fingerprint density at radius 1 is 1.27 bits per heavy atom. The van der Waals surface area contributed by atoms with Crippen LogP contribution in [0.2, 0.25) is 5.02 Å². The maximum Gasteiger partial charge on any atom is 0.406 e. The number of likely N-dealkylation sites (tertiary alicyclic amines) is 1. The maximum absolute atomic E-state index is 13.3. The summed E-state index contributed by atoms with van der Waals surface area (Å²) in [4.78, 5) is 26.7. The van der Waals surface area contributed by atoms with Crippen LogP contribution in [-0.2, 0) is 19.0 Å². The average Bonchev–Trinajstić information content (AvgIpc) is 2.92. The lowest BCUT2D eigenvalue weighted by Crippen LogP contribution is -2.43. The monoisotopic (exact) mass is 537 g/mol. The number of amides is 2. The molecular weight excluding hydrogens is 494 g/mol. The molecule has 0 radical (unpaired) electrons. The predicted octanol–water partition coefficient (Wildman–Crippen LogP) is 4.49. The van der Waals surface area contributed by atoms with Crippen LogP contribution in [0.4, 0.5) is 4.79 Å². The summed E-state index contributed by atoms with van der Waals surface area (Å²) in [5.41, 5.74) is 2.14. The maximum atomic E-state index is 13.3. The Bertz CT molecular complexity index is 864. The van der Waals surface area contributed by atoms with E-state index in [0.29, 0.717) is 43.1 Å². The minimum Gasteiger partial charge on any atom is -0.453 e. The van der Waals surface area contributed by atoms with Gasteiger partial charge in [-0.25, -0.2) is 4.79 Å². The van der Waals surface area contributed by atoms with Crippen molar-refractivity contribution >= 4 is 23.6 Å². The van der Waals surface area contributed by atoms with Crippen molar-refractivity contribution in [3.05, 3.63) is 34.3 Å². The van der Waals surface area contributed by atoms with E-state index in [1.54, 1.807) is 0 Å². The normalized spacial score (nSPS) is 21.8. The zero-order chi connectivity index (χ0) is 26.6. The number of ether oxygens (including phenoxy) is 3. The Kier molecular flexibility index (Phi) is 12.5. The molecule has 3 rings (SSSR count). The molecule has 1 aromatic rings. The van der Waals surface area contributed by atoms with E-state index >= 15 is 0 Å². The van der Waals surface area contributed by atoms with E-state index in [0.717, 1.165) is 63.0 Å². The first kappa shape index (κ1) is 29.7. The first-order valence-corrected chi connectivity index (χ1v) is 14.0. The van der Waals surface area contributed by atoms with Crippen molar-refractivity contribution in [2.24, 2.45) is 11.8 Å². The van der Waals surface area contributed by atoms with Crippen molar-refractivity contribution in [3.8, 4) is 0 Å². The van der Waals surface area contributed by atoms with Gasteiger partial charge in [-0.1, -0.05) is 17.7 Å². The zero-order valence-electron chi connectivity index (χ0n) is 22.6. The molecule has 2 N–H and O–H groups in total. The summed E-state index contributed by atoms with van der Waals surface area (Å²) in [6, 6.07) is 6.17. The molecule has 2 heterocycles. The Morgan fingerprint density at radius 3 is 2.84 bits per heavy atom. The molecule has 0 bridgehead atoms. The van der Waals surface area contributed by atoms with E-state index in [-0.39, 0.29) is 17.9 Å². The topological polar surface area (TPSA) is 89.1 Å².